The molecular weight excluding hydrogens is 236 g/mol. The van der Waals surface area contributed by atoms with E-state index < -0.39 is 11.5 Å². The molecule has 1 heterocycles. The van der Waals surface area contributed by atoms with Gasteiger partial charge in [0.05, 0.1) is 12.2 Å². The van der Waals surface area contributed by atoms with E-state index >= 15 is 0 Å². The van der Waals surface area contributed by atoms with Crippen molar-refractivity contribution in [3.63, 3.8) is 0 Å². The van der Waals surface area contributed by atoms with Gasteiger partial charge in [-0.15, -0.1) is 0 Å². The predicted molar refractivity (Wildman–Crippen MR) is 65.6 cm³/mol. The van der Waals surface area contributed by atoms with Crippen LogP contribution in [0.3, 0.4) is 0 Å². The van der Waals surface area contributed by atoms with E-state index in [1.807, 2.05) is 0 Å². The molecule has 0 saturated heterocycles. The van der Waals surface area contributed by atoms with Gasteiger partial charge in [0, 0.05) is 5.39 Å². The van der Waals surface area contributed by atoms with E-state index in [0.29, 0.717) is 17.3 Å². The minimum Gasteiger partial charge on any atom is -0.422 e. The number of hydrogen-bond acceptors (Lipinski definition) is 5. The third-order valence-corrected chi connectivity index (χ3v) is 2.41. The molecule has 0 bridgehead atoms. The molecule has 0 aliphatic carbocycles. The molecule has 1 aromatic carbocycles. The van der Waals surface area contributed by atoms with Crippen molar-refractivity contribution in [2.45, 2.75) is 0 Å². The van der Waals surface area contributed by atoms with E-state index in [-0.39, 0.29) is 17.8 Å². The highest BCUT2D eigenvalue weighted by Crippen LogP contribution is 2.23. The van der Waals surface area contributed by atoms with E-state index in [4.69, 9.17) is 10.2 Å². The number of aldehydes is 1. The smallest absolute Gasteiger partial charge is 0.349 e. The lowest BCUT2D eigenvalue weighted by Crippen LogP contribution is -2.23. The Balaban J connectivity index is 2.68. The Kier molecular flexibility index (Phi) is 3.09. The Hall–Kier alpha value is -2.63. The highest BCUT2D eigenvalue weighted by atomic mass is 16.4. The molecule has 0 saturated carbocycles. The summed E-state index contributed by atoms with van der Waals surface area (Å²) in [4.78, 5) is 33.3. The Labute approximate surface area is 101 Å². The monoisotopic (exact) mass is 246 g/mol. The number of carbonyl (C=O) groups is 2. The fourth-order valence-electron chi connectivity index (χ4n) is 1.64. The fraction of sp³-hybridized carbons (Fsp3) is 0.0833. The average molecular weight is 246 g/mol. The van der Waals surface area contributed by atoms with Gasteiger partial charge in [-0.25, -0.2) is 4.79 Å². The second-order valence-electron chi connectivity index (χ2n) is 3.61. The molecule has 92 valence electrons. The maximum absolute atomic E-state index is 11.6. The molecule has 2 aromatic rings. The summed E-state index contributed by atoms with van der Waals surface area (Å²) in [5.74, 6) is -0.593. The van der Waals surface area contributed by atoms with E-state index in [9.17, 15) is 14.4 Å². The number of rotatable bonds is 4. The number of fused-ring (bicyclic) bond motifs is 1. The molecule has 0 fully saturated rings. The zero-order valence-electron chi connectivity index (χ0n) is 9.30. The lowest BCUT2D eigenvalue weighted by molar-refractivity contribution is -0.116. The van der Waals surface area contributed by atoms with Crippen LogP contribution in [0.5, 0.6) is 0 Å². The van der Waals surface area contributed by atoms with E-state index in [0.717, 1.165) is 0 Å². The average Bonchev–Trinajstić information content (AvgIpc) is 2.35. The lowest BCUT2D eigenvalue weighted by atomic mass is 10.1. The topological polar surface area (TPSA) is 102 Å². The number of anilines is 1. The van der Waals surface area contributed by atoms with Gasteiger partial charge in [-0.3, -0.25) is 9.59 Å². The maximum Gasteiger partial charge on any atom is 0.349 e. The van der Waals surface area contributed by atoms with Gasteiger partial charge in [0.2, 0.25) is 5.91 Å². The SMILES string of the molecule is NC(=O)CNc1c(C=O)c(=O)oc2ccccc12. The standard InChI is InChI=1S/C12H10N2O4/c13-10(16)5-14-11-7-3-1-2-4-9(7)18-12(17)8(11)6-15/h1-4,6,14H,5H2,(H2,13,16). The number of benzene rings is 1. The Morgan fingerprint density at radius 3 is 2.78 bits per heavy atom. The first kappa shape index (κ1) is 11.8. The summed E-state index contributed by atoms with van der Waals surface area (Å²) in [6.45, 7) is -0.172. The number of nitrogens with two attached hydrogens (primary N) is 1. The fourth-order valence-corrected chi connectivity index (χ4v) is 1.64. The van der Waals surface area contributed by atoms with E-state index in [1.54, 1.807) is 24.3 Å². The highest BCUT2D eigenvalue weighted by molar-refractivity contribution is 5.99. The molecule has 3 N–H and O–H groups in total. The summed E-state index contributed by atoms with van der Waals surface area (Å²) in [5, 5.41) is 3.22. The molecule has 0 atom stereocenters. The van der Waals surface area contributed by atoms with Crippen molar-refractivity contribution in [2.24, 2.45) is 5.73 Å². The van der Waals surface area contributed by atoms with Crippen molar-refractivity contribution in [2.75, 3.05) is 11.9 Å². The molecule has 18 heavy (non-hydrogen) atoms. The molecule has 6 nitrogen and oxygen atoms in total. The summed E-state index contributed by atoms with van der Waals surface area (Å²) in [7, 11) is 0. The van der Waals surface area contributed by atoms with Crippen molar-refractivity contribution in [3.05, 3.63) is 40.2 Å². The van der Waals surface area contributed by atoms with Crippen LogP contribution < -0.4 is 16.7 Å². The van der Waals surface area contributed by atoms with Crippen molar-refractivity contribution in [1.82, 2.24) is 0 Å². The van der Waals surface area contributed by atoms with Crippen LogP contribution in [0.4, 0.5) is 5.69 Å². The summed E-state index contributed by atoms with van der Waals surface area (Å²) in [6.07, 6.45) is 0.390. The van der Waals surface area contributed by atoms with Crippen LogP contribution in [-0.4, -0.2) is 18.7 Å². The number of primary amides is 1. The van der Waals surface area contributed by atoms with Gasteiger partial charge in [0.1, 0.15) is 11.1 Å². The van der Waals surface area contributed by atoms with Gasteiger partial charge in [-0.2, -0.15) is 0 Å². The van der Waals surface area contributed by atoms with Crippen LogP contribution in [0.25, 0.3) is 11.0 Å². The minimum atomic E-state index is -0.754. The van der Waals surface area contributed by atoms with Crippen LogP contribution in [0.15, 0.2) is 33.5 Å². The van der Waals surface area contributed by atoms with Crippen LogP contribution in [0.2, 0.25) is 0 Å². The van der Waals surface area contributed by atoms with E-state index in [2.05, 4.69) is 5.32 Å². The van der Waals surface area contributed by atoms with Crippen LogP contribution in [0.1, 0.15) is 10.4 Å². The molecule has 1 aromatic heterocycles. The normalized spacial score (nSPS) is 10.2. The van der Waals surface area contributed by atoms with Gasteiger partial charge in [-0.05, 0) is 12.1 Å². The van der Waals surface area contributed by atoms with Gasteiger partial charge in [0.15, 0.2) is 6.29 Å². The summed E-state index contributed by atoms with van der Waals surface area (Å²) < 4.78 is 4.99. The second kappa shape index (κ2) is 4.70. The van der Waals surface area contributed by atoms with Gasteiger partial charge < -0.3 is 15.5 Å². The van der Waals surface area contributed by atoms with Crippen LogP contribution >= 0.6 is 0 Å². The van der Waals surface area contributed by atoms with E-state index in [1.165, 1.54) is 0 Å². The molecule has 2 rings (SSSR count). The lowest BCUT2D eigenvalue weighted by Gasteiger charge is -2.09. The molecule has 0 unspecified atom stereocenters. The quantitative estimate of drug-likeness (QED) is 0.604. The van der Waals surface area contributed by atoms with Gasteiger partial charge in [-0.1, -0.05) is 12.1 Å². The first-order valence-electron chi connectivity index (χ1n) is 5.16. The molecule has 6 heteroatoms. The zero-order valence-corrected chi connectivity index (χ0v) is 9.30. The Morgan fingerprint density at radius 1 is 1.39 bits per heavy atom. The number of amides is 1. The molecular formula is C12H10N2O4. The number of para-hydroxylation sites is 1. The largest absolute Gasteiger partial charge is 0.422 e. The first-order valence-corrected chi connectivity index (χ1v) is 5.16. The second-order valence-corrected chi connectivity index (χ2v) is 3.61. The molecule has 0 spiro atoms. The Morgan fingerprint density at radius 2 is 2.11 bits per heavy atom. The molecule has 0 aliphatic heterocycles. The molecule has 0 aliphatic rings. The third-order valence-electron chi connectivity index (χ3n) is 2.41. The van der Waals surface area contributed by atoms with Gasteiger partial charge in [0.25, 0.3) is 0 Å². The predicted octanol–water partition coefficient (Wildman–Crippen LogP) is 0.503. The maximum atomic E-state index is 11.6. The number of hydrogen-bond donors (Lipinski definition) is 2. The molecule has 0 radical (unpaired) electrons. The number of carbonyl (C=O) groups excluding carboxylic acids is 2. The van der Waals surface area contributed by atoms with Crippen molar-refractivity contribution in [3.8, 4) is 0 Å². The number of nitrogens with one attached hydrogen (secondary N) is 1. The first-order chi connectivity index (χ1) is 8.63. The van der Waals surface area contributed by atoms with Gasteiger partial charge >= 0.3 is 5.63 Å². The summed E-state index contributed by atoms with van der Waals surface area (Å²) in [6, 6.07) is 6.70. The van der Waals surface area contributed by atoms with Crippen LogP contribution in [0, 0.1) is 0 Å². The van der Waals surface area contributed by atoms with Crippen molar-refractivity contribution >= 4 is 28.8 Å². The van der Waals surface area contributed by atoms with Crippen molar-refractivity contribution < 1.29 is 14.0 Å². The zero-order chi connectivity index (χ0) is 13.1. The third kappa shape index (κ3) is 2.08. The summed E-state index contributed by atoms with van der Waals surface area (Å²) in [5.41, 5.74) is 4.70. The van der Waals surface area contributed by atoms with Crippen LogP contribution in [-0.2, 0) is 4.79 Å². The highest BCUT2D eigenvalue weighted by Gasteiger charge is 2.13. The molecule has 1 amide bonds. The Bertz CT molecular complexity index is 675. The van der Waals surface area contributed by atoms with Crippen molar-refractivity contribution in [1.29, 1.82) is 0 Å². The summed E-state index contributed by atoms with van der Waals surface area (Å²) >= 11 is 0. The minimum absolute atomic E-state index is 0.157.